The van der Waals surface area contributed by atoms with E-state index in [0.717, 1.165) is 10.4 Å². The van der Waals surface area contributed by atoms with E-state index in [1.165, 1.54) is 38.8 Å². The minimum absolute atomic E-state index is 0.136. The maximum absolute atomic E-state index is 12.6. The second-order valence-corrected chi connectivity index (χ2v) is 7.59. The highest BCUT2D eigenvalue weighted by atomic mass is 32.2. The summed E-state index contributed by atoms with van der Waals surface area (Å²) in [5.74, 6) is -0.909. The third-order valence-electron chi connectivity index (χ3n) is 3.46. The van der Waals surface area contributed by atoms with Gasteiger partial charge in [-0.15, -0.1) is 0 Å². The topological polar surface area (TPSA) is 91.6 Å². The highest BCUT2D eigenvalue weighted by molar-refractivity contribution is 7.89. The van der Waals surface area contributed by atoms with Crippen molar-refractivity contribution in [3.8, 4) is 0 Å². The number of halogens is 3. The Labute approximate surface area is 138 Å². The molecule has 0 aromatic carbocycles. The van der Waals surface area contributed by atoms with Crippen molar-refractivity contribution in [2.75, 3.05) is 14.1 Å². The molecule has 0 aliphatic heterocycles. The fourth-order valence-electron chi connectivity index (χ4n) is 1.99. The van der Waals surface area contributed by atoms with Crippen LogP contribution in [-0.2, 0) is 17.1 Å². The first-order valence-corrected chi connectivity index (χ1v) is 8.40. The summed E-state index contributed by atoms with van der Waals surface area (Å²) in [5, 5.41) is 11.4. The van der Waals surface area contributed by atoms with E-state index in [4.69, 9.17) is 0 Å². The van der Waals surface area contributed by atoms with Crippen LogP contribution in [0, 0.1) is 0 Å². The molecular formula is C13H20F3N3O4S. The van der Waals surface area contributed by atoms with Crippen LogP contribution in [0.25, 0.3) is 0 Å². The molecule has 0 bridgehead atoms. The van der Waals surface area contributed by atoms with Gasteiger partial charge in [0.25, 0.3) is 5.91 Å². The van der Waals surface area contributed by atoms with Crippen LogP contribution in [0.15, 0.2) is 17.2 Å². The number of carbonyl (C=O) groups excluding carboxylic acids is 1. The zero-order chi connectivity index (χ0) is 18.9. The maximum Gasteiger partial charge on any atom is 0.416 e. The van der Waals surface area contributed by atoms with Gasteiger partial charge in [-0.25, -0.2) is 12.7 Å². The minimum Gasteiger partial charge on any atom is -0.382 e. The van der Waals surface area contributed by atoms with E-state index < -0.39 is 34.3 Å². The molecule has 1 aromatic heterocycles. The Morgan fingerprint density at radius 1 is 1.42 bits per heavy atom. The lowest BCUT2D eigenvalue weighted by molar-refractivity contribution is -0.211. The number of nitrogens with one attached hydrogen (secondary N) is 1. The number of rotatable bonds is 6. The molecule has 0 saturated heterocycles. The molecule has 138 valence electrons. The number of alkyl halides is 3. The largest absolute Gasteiger partial charge is 0.416 e. The monoisotopic (exact) mass is 371 g/mol. The lowest BCUT2D eigenvalue weighted by atomic mass is 10.1. The van der Waals surface area contributed by atoms with Gasteiger partial charge in [-0.1, -0.05) is 6.92 Å². The quantitative estimate of drug-likeness (QED) is 0.770. The van der Waals surface area contributed by atoms with E-state index >= 15 is 0 Å². The Bertz CT molecular complexity index is 698. The van der Waals surface area contributed by atoms with Gasteiger partial charge in [0.1, 0.15) is 10.6 Å². The first-order valence-electron chi connectivity index (χ1n) is 6.96. The van der Waals surface area contributed by atoms with Gasteiger partial charge in [0, 0.05) is 27.3 Å². The predicted octanol–water partition coefficient (Wildman–Crippen LogP) is 0.707. The standard InChI is InChI=1S/C13H20F3N3O4S/c1-5-9(11(20)13(14,15)16)17-12(21)10-6-8(7-19(10)4)24(22,23)18(2)3/h6-7,9,11,20H,5H2,1-4H3,(H,17,21). The highest BCUT2D eigenvalue weighted by Gasteiger charge is 2.43. The average Bonchev–Trinajstić information content (AvgIpc) is 2.85. The van der Waals surface area contributed by atoms with Crippen molar-refractivity contribution in [1.29, 1.82) is 0 Å². The lowest BCUT2D eigenvalue weighted by Gasteiger charge is -2.24. The van der Waals surface area contributed by atoms with Crippen molar-refractivity contribution < 1.29 is 31.5 Å². The summed E-state index contributed by atoms with van der Waals surface area (Å²) in [6.45, 7) is 1.38. The van der Waals surface area contributed by atoms with E-state index in [-0.39, 0.29) is 17.0 Å². The van der Waals surface area contributed by atoms with E-state index in [0.29, 0.717) is 0 Å². The Hall–Kier alpha value is -1.59. The molecule has 0 aliphatic rings. The molecule has 0 spiro atoms. The number of sulfonamides is 1. The molecule has 2 N–H and O–H groups in total. The first kappa shape index (κ1) is 20.5. The molecule has 24 heavy (non-hydrogen) atoms. The van der Waals surface area contributed by atoms with E-state index in [9.17, 15) is 31.5 Å². The molecule has 2 atom stereocenters. The van der Waals surface area contributed by atoms with Crippen molar-refractivity contribution in [2.45, 2.75) is 36.6 Å². The first-order chi connectivity index (χ1) is 10.8. The number of aromatic nitrogens is 1. The number of carbonyl (C=O) groups is 1. The molecule has 11 heteroatoms. The molecule has 1 aromatic rings. The maximum atomic E-state index is 12.6. The third kappa shape index (κ3) is 4.28. The molecule has 1 amide bonds. The number of aliphatic hydroxyl groups is 1. The van der Waals surface area contributed by atoms with E-state index in [2.05, 4.69) is 5.32 Å². The zero-order valence-corrected chi connectivity index (χ0v) is 14.4. The molecule has 0 fully saturated rings. The SMILES string of the molecule is CCC(NC(=O)c1cc(S(=O)(=O)N(C)C)cn1C)C(O)C(F)(F)F. The lowest BCUT2D eigenvalue weighted by Crippen LogP contribution is -2.49. The second-order valence-electron chi connectivity index (χ2n) is 5.43. The van der Waals surface area contributed by atoms with Crippen molar-refractivity contribution in [3.05, 3.63) is 18.0 Å². The Morgan fingerprint density at radius 3 is 2.38 bits per heavy atom. The number of hydrogen-bond donors (Lipinski definition) is 2. The van der Waals surface area contributed by atoms with E-state index in [1.807, 2.05) is 0 Å². The van der Waals surface area contributed by atoms with Crippen molar-refractivity contribution >= 4 is 15.9 Å². The van der Waals surface area contributed by atoms with Crippen LogP contribution in [0.2, 0.25) is 0 Å². The third-order valence-corrected chi connectivity index (χ3v) is 5.24. The van der Waals surface area contributed by atoms with Crippen LogP contribution < -0.4 is 5.32 Å². The molecule has 0 aliphatic carbocycles. The predicted molar refractivity (Wildman–Crippen MR) is 79.9 cm³/mol. The Morgan fingerprint density at radius 2 is 1.96 bits per heavy atom. The number of nitrogens with zero attached hydrogens (tertiary/aromatic N) is 2. The summed E-state index contributed by atoms with van der Waals surface area (Å²) in [6, 6.07) is -0.474. The average molecular weight is 371 g/mol. The van der Waals surface area contributed by atoms with Gasteiger partial charge >= 0.3 is 6.18 Å². The van der Waals surface area contributed by atoms with Crippen LogP contribution in [0.5, 0.6) is 0 Å². The summed E-state index contributed by atoms with van der Waals surface area (Å²) in [5.41, 5.74) is -0.136. The highest BCUT2D eigenvalue weighted by Crippen LogP contribution is 2.24. The molecular weight excluding hydrogens is 351 g/mol. The number of amides is 1. The summed E-state index contributed by atoms with van der Waals surface area (Å²) in [4.78, 5) is 12.0. The zero-order valence-electron chi connectivity index (χ0n) is 13.6. The van der Waals surface area contributed by atoms with Crippen LogP contribution in [0.3, 0.4) is 0 Å². The van der Waals surface area contributed by atoms with Crippen LogP contribution in [0.4, 0.5) is 13.2 Å². The van der Waals surface area contributed by atoms with Gasteiger partial charge in [0.2, 0.25) is 10.0 Å². The normalized spacial score (nSPS) is 15.4. The minimum atomic E-state index is -4.87. The molecule has 2 unspecified atom stereocenters. The van der Waals surface area contributed by atoms with Crippen LogP contribution >= 0.6 is 0 Å². The van der Waals surface area contributed by atoms with Crippen molar-refractivity contribution in [3.63, 3.8) is 0 Å². The smallest absolute Gasteiger partial charge is 0.382 e. The molecule has 1 rings (SSSR count). The van der Waals surface area contributed by atoms with Gasteiger partial charge in [-0.05, 0) is 12.5 Å². The van der Waals surface area contributed by atoms with Gasteiger partial charge in [-0.3, -0.25) is 4.79 Å². The van der Waals surface area contributed by atoms with Gasteiger partial charge < -0.3 is 15.0 Å². The van der Waals surface area contributed by atoms with Gasteiger partial charge in [0.15, 0.2) is 6.10 Å². The number of aliphatic hydroxyl groups excluding tert-OH is 1. The molecule has 0 radical (unpaired) electrons. The van der Waals surface area contributed by atoms with Crippen molar-refractivity contribution in [2.24, 2.45) is 7.05 Å². The number of hydrogen-bond acceptors (Lipinski definition) is 4. The van der Waals surface area contributed by atoms with E-state index in [1.54, 1.807) is 0 Å². The van der Waals surface area contributed by atoms with Gasteiger partial charge in [-0.2, -0.15) is 13.2 Å². The number of aryl methyl sites for hydroxylation is 1. The van der Waals surface area contributed by atoms with Gasteiger partial charge in [0.05, 0.1) is 6.04 Å². The van der Waals surface area contributed by atoms with Crippen molar-refractivity contribution in [1.82, 2.24) is 14.2 Å². The molecule has 7 nitrogen and oxygen atoms in total. The molecule has 0 saturated carbocycles. The summed E-state index contributed by atoms with van der Waals surface area (Å²) >= 11 is 0. The fraction of sp³-hybridized carbons (Fsp3) is 0.615. The summed E-state index contributed by atoms with van der Waals surface area (Å²) in [6.07, 6.45) is -6.55. The second kappa shape index (κ2) is 7.11. The Balaban J connectivity index is 3.07. The Kier molecular flexibility index (Phi) is 6.06. The summed E-state index contributed by atoms with van der Waals surface area (Å²) in [7, 11) is 0.240. The van der Waals surface area contributed by atoms with Crippen LogP contribution in [0.1, 0.15) is 23.8 Å². The fourth-order valence-corrected chi connectivity index (χ4v) is 2.96. The summed E-state index contributed by atoms with van der Waals surface area (Å²) < 4.78 is 63.9. The molecule has 1 heterocycles. The van der Waals surface area contributed by atoms with Crippen LogP contribution in [-0.4, -0.2) is 60.7 Å².